The highest BCUT2D eigenvalue weighted by Crippen LogP contribution is 2.36. The number of benzene rings is 2. The number of rotatable bonds is 8. The van der Waals surface area contributed by atoms with Crippen molar-refractivity contribution in [2.45, 2.75) is 24.8 Å². The van der Waals surface area contributed by atoms with E-state index in [2.05, 4.69) is 0 Å². The predicted molar refractivity (Wildman–Crippen MR) is 105 cm³/mol. The molecule has 0 radical (unpaired) electrons. The van der Waals surface area contributed by atoms with E-state index in [9.17, 15) is 19.5 Å². The molecule has 0 heterocycles. The summed E-state index contributed by atoms with van der Waals surface area (Å²) in [5.41, 5.74) is 16.6. The van der Waals surface area contributed by atoms with Crippen LogP contribution in [0.15, 0.2) is 48.5 Å². The van der Waals surface area contributed by atoms with Gasteiger partial charge in [0, 0.05) is 17.5 Å². The summed E-state index contributed by atoms with van der Waals surface area (Å²) in [6, 6.07) is 12.5. The normalized spacial score (nSPS) is 12.6. The number of ether oxygens (including phenoxy) is 1. The molecule has 1 unspecified atom stereocenters. The molecule has 0 saturated heterocycles. The second kappa shape index (κ2) is 8.98. The van der Waals surface area contributed by atoms with Crippen LogP contribution in [0.3, 0.4) is 0 Å². The molecule has 1 amide bonds. The van der Waals surface area contributed by atoms with Gasteiger partial charge in [0.05, 0.1) is 18.4 Å². The van der Waals surface area contributed by atoms with Gasteiger partial charge in [0.2, 0.25) is 5.91 Å². The topological polar surface area (TPSA) is 183 Å². The smallest absolute Gasteiger partial charge is 0.316 e. The lowest BCUT2D eigenvalue weighted by Crippen LogP contribution is -2.41. The first-order chi connectivity index (χ1) is 13.6. The summed E-state index contributed by atoms with van der Waals surface area (Å²) >= 11 is 0. The van der Waals surface area contributed by atoms with Crippen LogP contribution in [0.1, 0.15) is 36.0 Å². The lowest BCUT2D eigenvalue weighted by atomic mass is 9.80. The Kier molecular flexibility index (Phi) is 6.68. The van der Waals surface area contributed by atoms with E-state index in [0.717, 1.165) is 0 Å². The number of nitrogens with one attached hydrogen (secondary N) is 1. The maximum atomic E-state index is 12.4. The number of amidine groups is 1. The minimum Gasteiger partial charge on any atom is -0.508 e. The molecule has 8 N–H and O–H groups in total. The number of hydrogen-bond donors (Lipinski definition) is 5. The number of para-hydroxylation sites is 1. The molecule has 29 heavy (non-hydrogen) atoms. The van der Waals surface area contributed by atoms with Crippen molar-refractivity contribution >= 4 is 23.7 Å². The van der Waals surface area contributed by atoms with Gasteiger partial charge < -0.3 is 27.0 Å². The van der Waals surface area contributed by atoms with Gasteiger partial charge >= 0.3 is 11.9 Å². The quantitative estimate of drug-likeness (QED) is 0.187. The number of carbonyl (C=O) groups excluding carboxylic acids is 3. The SMILES string of the molecule is N=C(N)c1ccc(C(N)(CC(=O)OC(=O)CCC(N)=O)c2ccccc2O)cc1. The third kappa shape index (κ3) is 5.39. The Labute approximate surface area is 167 Å². The largest absolute Gasteiger partial charge is 0.508 e. The van der Waals surface area contributed by atoms with Crippen molar-refractivity contribution in [2.75, 3.05) is 0 Å². The number of primary amides is 1. The number of amides is 1. The van der Waals surface area contributed by atoms with Gasteiger partial charge in [0.25, 0.3) is 0 Å². The molecule has 0 fully saturated rings. The third-order valence-electron chi connectivity index (χ3n) is 4.32. The zero-order valence-electron chi connectivity index (χ0n) is 15.6. The van der Waals surface area contributed by atoms with Gasteiger partial charge in [-0.1, -0.05) is 42.5 Å². The van der Waals surface area contributed by atoms with E-state index >= 15 is 0 Å². The molecule has 152 valence electrons. The van der Waals surface area contributed by atoms with Crippen molar-refractivity contribution in [3.8, 4) is 5.75 Å². The Morgan fingerprint density at radius 3 is 2.14 bits per heavy atom. The molecule has 2 aromatic rings. The van der Waals surface area contributed by atoms with Crippen molar-refractivity contribution in [1.82, 2.24) is 0 Å². The molecule has 1 atom stereocenters. The molecule has 9 heteroatoms. The van der Waals surface area contributed by atoms with Crippen molar-refractivity contribution in [2.24, 2.45) is 17.2 Å². The second-order valence-corrected chi connectivity index (χ2v) is 6.47. The zero-order chi connectivity index (χ0) is 21.6. The van der Waals surface area contributed by atoms with Crippen molar-refractivity contribution in [3.63, 3.8) is 0 Å². The third-order valence-corrected chi connectivity index (χ3v) is 4.32. The molecule has 2 rings (SSSR count). The Hall–Kier alpha value is -3.72. The lowest BCUT2D eigenvalue weighted by molar-refractivity contribution is -0.160. The number of phenols is 1. The molecule has 9 nitrogen and oxygen atoms in total. The van der Waals surface area contributed by atoms with Crippen LogP contribution in [-0.2, 0) is 24.7 Å². The van der Waals surface area contributed by atoms with E-state index in [-0.39, 0.29) is 30.0 Å². The highest BCUT2D eigenvalue weighted by Gasteiger charge is 2.36. The van der Waals surface area contributed by atoms with Crippen LogP contribution >= 0.6 is 0 Å². The zero-order valence-corrected chi connectivity index (χ0v) is 15.6. The van der Waals surface area contributed by atoms with Crippen LogP contribution < -0.4 is 17.2 Å². The molecule has 0 saturated carbocycles. The summed E-state index contributed by atoms with van der Waals surface area (Å²) < 4.78 is 4.74. The predicted octanol–water partition coefficient (Wildman–Crippen LogP) is 0.604. The maximum absolute atomic E-state index is 12.4. The maximum Gasteiger partial charge on any atom is 0.316 e. The van der Waals surface area contributed by atoms with Gasteiger partial charge in [0.15, 0.2) is 0 Å². The van der Waals surface area contributed by atoms with Gasteiger partial charge in [-0.05, 0) is 11.6 Å². The van der Waals surface area contributed by atoms with Crippen LogP contribution in [0.2, 0.25) is 0 Å². The fraction of sp³-hybridized carbons (Fsp3) is 0.200. The number of hydrogen-bond acceptors (Lipinski definition) is 7. The minimum absolute atomic E-state index is 0.138. The number of aromatic hydroxyl groups is 1. The van der Waals surface area contributed by atoms with Crippen LogP contribution in [0.5, 0.6) is 5.75 Å². The number of nitrogens with two attached hydrogens (primary N) is 3. The number of carbonyl (C=O) groups is 3. The Morgan fingerprint density at radius 1 is 0.966 bits per heavy atom. The lowest BCUT2D eigenvalue weighted by Gasteiger charge is -2.30. The van der Waals surface area contributed by atoms with E-state index < -0.39 is 29.8 Å². The molecular formula is C20H22N4O5. The van der Waals surface area contributed by atoms with Crippen molar-refractivity contribution in [3.05, 3.63) is 65.2 Å². The van der Waals surface area contributed by atoms with Crippen molar-refractivity contribution in [1.29, 1.82) is 5.41 Å². The van der Waals surface area contributed by atoms with E-state index in [4.69, 9.17) is 27.3 Å². The van der Waals surface area contributed by atoms with Gasteiger partial charge in [-0.25, -0.2) is 0 Å². The summed E-state index contributed by atoms with van der Waals surface area (Å²) in [4.78, 5) is 34.9. The highest BCUT2D eigenvalue weighted by atomic mass is 16.6. The molecule has 0 aliphatic heterocycles. The summed E-state index contributed by atoms with van der Waals surface area (Å²) in [6.45, 7) is 0. The molecule has 0 bridgehead atoms. The van der Waals surface area contributed by atoms with E-state index in [1.54, 1.807) is 42.5 Å². The molecule has 0 aromatic heterocycles. The first-order valence-electron chi connectivity index (χ1n) is 8.67. The van der Waals surface area contributed by atoms with Gasteiger partial charge in [0.1, 0.15) is 11.6 Å². The molecule has 0 aliphatic rings. The molecule has 0 aliphatic carbocycles. The monoisotopic (exact) mass is 398 g/mol. The second-order valence-electron chi connectivity index (χ2n) is 6.47. The van der Waals surface area contributed by atoms with Crippen molar-refractivity contribution < 1.29 is 24.2 Å². The van der Waals surface area contributed by atoms with Crippen LogP contribution in [0, 0.1) is 5.41 Å². The summed E-state index contributed by atoms with van der Waals surface area (Å²) in [5.74, 6) is -2.80. The standard InChI is InChI=1S/C20H22N4O5/c21-16(26)9-10-17(27)29-18(28)11-20(24,14-3-1-2-4-15(14)25)13-7-5-12(6-8-13)19(22)23/h1-8,25H,9-11,24H2,(H2,21,26)(H3,22,23). The first-order valence-corrected chi connectivity index (χ1v) is 8.67. The van der Waals surface area contributed by atoms with E-state index in [0.29, 0.717) is 11.1 Å². The minimum atomic E-state index is -1.53. The van der Waals surface area contributed by atoms with Gasteiger partial charge in [-0.15, -0.1) is 0 Å². The number of esters is 2. The van der Waals surface area contributed by atoms with E-state index in [1.807, 2.05) is 0 Å². The Morgan fingerprint density at radius 2 is 1.59 bits per heavy atom. The van der Waals surface area contributed by atoms with Crippen LogP contribution in [-0.4, -0.2) is 28.8 Å². The summed E-state index contributed by atoms with van der Waals surface area (Å²) in [7, 11) is 0. The summed E-state index contributed by atoms with van der Waals surface area (Å²) in [6.07, 6.45) is -1.04. The highest BCUT2D eigenvalue weighted by molar-refractivity contribution is 5.95. The van der Waals surface area contributed by atoms with Crippen LogP contribution in [0.4, 0.5) is 0 Å². The molecule has 0 spiro atoms. The average molecular weight is 398 g/mol. The first kappa shape index (κ1) is 21.6. The molecule has 2 aromatic carbocycles. The van der Waals surface area contributed by atoms with Gasteiger partial charge in [-0.3, -0.25) is 19.8 Å². The van der Waals surface area contributed by atoms with E-state index in [1.165, 1.54) is 6.07 Å². The fourth-order valence-electron chi connectivity index (χ4n) is 2.82. The molecular weight excluding hydrogens is 376 g/mol. The summed E-state index contributed by atoms with van der Waals surface area (Å²) in [5, 5.41) is 17.8. The number of nitrogen functional groups attached to an aromatic ring is 1. The van der Waals surface area contributed by atoms with Gasteiger partial charge in [-0.2, -0.15) is 0 Å². The average Bonchev–Trinajstić information content (AvgIpc) is 2.66. The Balaban J connectivity index is 2.34. The van der Waals surface area contributed by atoms with Crippen LogP contribution in [0.25, 0.3) is 0 Å². The Bertz CT molecular complexity index is 942. The fourth-order valence-corrected chi connectivity index (χ4v) is 2.82. The number of phenolic OH excluding ortho intramolecular Hbond substituents is 1.